The van der Waals surface area contributed by atoms with Crippen molar-refractivity contribution in [1.82, 2.24) is 10.3 Å². The number of hydrogen-bond donors (Lipinski definition) is 1. The van der Waals surface area contributed by atoms with E-state index in [2.05, 4.69) is 10.2 Å². The van der Waals surface area contributed by atoms with Gasteiger partial charge in [0, 0.05) is 24.0 Å². The van der Waals surface area contributed by atoms with Crippen molar-refractivity contribution >= 4 is 57.0 Å². The van der Waals surface area contributed by atoms with Crippen LogP contribution >= 0.6 is 24.0 Å². The highest BCUT2D eigenvalue weighted by molar-refractivity contribution is 8.26. The maximum absolute atomic E-state index is 12.1. The summed E-state index contributed by atoms with van der Waals surface area (Å²) in [6, 6.07) is 7.83. The predicted molar refractivity (Wildman–Crippen MR) is 108 cm³/mol. The minimum absolute atomic E-state index is 0.168. The van der Waals surface area contributed by atoms with Crippen LogP contribution in [0.15, 0.2) is 29.2 Å². The first kappa shape index (κ1) is 17.3. The minimum atomic E-state index is -0.168. The molecule has 0 bridgehead atoms. The first-order chi connectivity index (χ1) is 12.6. The topological polar surface area (TPSA) is 63.7 Å². The van der Waals surface area contributed by atoms with Gasteiger partial charge in [-0.25, -0.2) is 4.98 Å². The van der Waals surface area contributed by atoms with Gasteiger partial charge >= 0.3 is 0 Å². The quantitative estimate of drug-likeness (QED) is 0.641. The van der Waals surface area contributed by atoms with Crippen LogP contribution in [0.25, 0.3) is 17.0 Å². The summed E-state index contributed by atoms with van der Waals surface area (Å²) in [5.74, 6) is 1.45. The zero-order valence-electron chi connectivity index (χ0n) is 14.2. The Bertz CT molecular complexity index is 923. The standard InChI is InChI=1S/C18H17N3O3S2/c1-23-13-2-3-14-11(9-13)8-12(10-15-17(22)20-18(25)26-15)16(19-14)21-4-6-24-7-5-21/h2-3,8-10H,4-7H2,1H3,(H,20,22,25). The molecule has 3 heterocycles. The number of ether oxygens (including phenoxy) is 2. The number of amides is 1. The van der Waals surface area contributed by atoms with Gasteiger partial charge in [-0.3, -0.25) is 4.79 Å². The average molecular weight is 387 g/mol. The van der Waals surface area contributed by atoms with E-state index in [0.29, 0.717) is 22.4 Å². The molecule has 2 saturated heterocycles. The number of hydrogen-bond acceptors (Lipinski definition) is 7. The van der Waals surface area contributed by atoms with Gasteiger partial charge in [0.1, 0.15) is 15.9 Å². The molecule has 4 rings (SSSR count). The summed E-state index contributed by atoms with van der Waals surface area (Å²) < 4.78 is 11.3. The molecule has 0 unspecified atom stereocenters. The van der Waals surface area contributed by atoms with Crippen molar-refractivity contribution in [3.8, 4) is 5.75 Å². The van der Waals surface area contributed by atoms with E-state index in [4.69, 9.17) is 26.7 Å². The summed E-state index contributed by atoms with van der Waals surface area (Å²) in [5.41, 5.74) is 1.77. The van der Waals surface area contributed by atoms with Gasteiger partial charge < -0.3 is 19.7 Å². The summed E-state index contributed by atoms with van der Waals surface area (Å²) in [4.78, 5) is 19.7. The number of anilines is 1. The Labute approximate surface area is 160 Å². The number of nitrogens with zero attached hydrogens (tertiary/aromatic N) is 2. The number of pyridine rings is 1. The van der Waals surface area contributed by atoms with Gasteiger partial charge in [-0.2, -0.15) is 0 Å². The molecular formula is C18H17N3O3S2. The number of benzene rings is 1. The number of morpholine rings is 1. The van der Waals surface area contributed by atoms with E-state index < -0.39 is 0 Å². The lowest BCUT2D eigenvalue weighted by atomic mass is 10.1. The van der Waals surface area contributed by atoms with Crippen LogP contribution in [0.2, 0.25) is 0 Å². The maximum Gasteiger partial charge on any atom is 0.263 e. The first-order valence-corrected chi connectivity index (χ1v) is 9.43. The summed E-state index contributed by atoms with van der Waals surface area (Å²) in [5, 5.41) is 3.61. The third-order valence-electron chi connectivity index (χ3n) is 4.27. The maximum atomic E-state index is 12.1. The number of carbonyl (C=O) groups is 1. The summed E-state index contributed by atoms with van der Waals surface area (Å²) >= 11 is 6.36. The SMILES string of the molecule is COc1ccc2nc(N3CCOCC3)c(C=C3SC(=S)NC3=O)cc2c1. The van der Waals surface area contributed by atoms with Crippen molar-refractivity contribution in [2.45, 2.75) is 0 Å². The second-order valence-electron chi connectivity index (χ2n) is 5.91. The van der Waals surface area contributed by atoms with Crippen LogP contribution in [-0.4, -0.2) is 48.6 Å². The lowest BCUT2D eigenvalue weighted by molar-refractivity contribution is -0.115. The van der Waals surface area contributed by atoms with Crippen molar-refractivity contribution < 1.29 is 14.3 Å². The van der Waals surface area contributed by atoms with Gasteiger partial charge in [-0.15, -0.1) is 0 Å². The summed E-state index contributed by atoms with van der Waals surface area (Å²) in [7, 11) is 1.64. The van der Waals surface area contributed by atoms with Crippen LogP contribution in [0.3, 0.4) is 0 Å². The number of aromatic nitrogens is 1. The number of rotatable bonds is 3. The Morgan fingerprint density at radius 3 is 2.85 bits per heavy atom. The van der Waals surface area contributed by atoms with Crippen molar-refractivity contribution in [2.75, 3.05) is 38.3 Å². The van der Waals surface area contributed by atoms with Crippen LogP contribution in [0, 0.1) is 0 Å². The van der Waals surface area contributed by atoms with Gasteiger partial charge in [0.25, 0.3) is 5.91 Å². The Balaban J connectivity index is 1.84. The number of thioether (sulfide) groups is 1. The van der Waals surface area contributed by atoms with Gasteiger partial charge in [-0.05, 0) is 30.3 Å². The Hall–Kier alpha value is -2.16. The monoisotopic (exact) mass is 387 g/mol. The molecule has 1 aromatic heterocycles. The highest BCUT2D eigenvalue weighted by Crippen LogP contribution is 2.32. The summed E-state index contributed by atoms with van der Waals surface area (Å²) in [6.07, 6.45) is 1.86. The molecule has 0 atom stereocenters. The molecule has 2 aromatic rings. The molecule has 0 saturated carbocycles. The zero-order chi connectivity index (χ0) is 18.1. The van der Waals surface area contributed by atoms with E-state index in [9.17, 15) is 4.79 Å². The second-order valence-corrected chi connectivity index (χ2v) is 7.63. The van der Waals surface area contributed by atoms with E-state index in [1.165, 1.54) is 11.8 Å². The molecule has 2 fully saturated rings. The third-order valence-corrected chi connectivity index (χ3v) is 5.43. The molecule has 2 aliphatic rings. The van der Waals surface area contributed by atoms with Crippen LogP contribution in [0.4, 0.5) is 5.82 Å². The number of fused-ring (bicyclic) bond motifs is 1. The molecule has 1 aromatic carbocycles. The molecule has 0 spiro atoms. The predicted octanol–water partition coefficient (Wildman–Crippen LogP) is 2.57. The minimum Gasteiger partial charge on any atom is -0.497 e. The molecule has 2 aliphatic heterocycles. The molecule has 1 amide bonds. The average Bonchev–Trinajstić information content (AvgIpc) is 2.98. The largest absolute Gasteiger partial charge is 0.497 e. The van der Waals surface area contributed by atoms with Crippen LogP contribution in [0.5, 0.6) is 5.75 Å². The van der Waals surface area contributed by atoms with Gasteiger partial charge in [0.2, 0.25) is 0 Å². The lowest BCUT2D eigenvalue weighted by Crippen LogP contribution is -2.37. The van der Waals surface area contributed by atoms with Crippen LogP contribution in [-0.2, 0) is 9.53 Å². The second kappa shape index (κ2) is 7.22. The lowest BCUT2D eigenvalue weighted by Gasteiger charge is -2.29. The Morgan fingerprint density at radius 2 is 2.15 bits per heavy atom. The fourth-order valence-electron chi connectivity index (χ4n) is 2.98. The molecular weight excluding hydrogens is 370 g/mol. The molecule has 26 heavy (non-hydrogen) atoms. The van der Waals surface area contributed by atoms with Gasteiger partial charge in [0.05, 0.1) is 30.7 Å². The molecule has 0 aliphatic carbocycles. The molecule has 134 valence electrons. The Morgan fingerprint density at radius 1 is 1.35 bits per heavy atom. The smallest absolute Gasteiger partial charge is 0.263 e. The normalized spacial score (nSPS) is 19.3. The molecule has 6 nitrogen and oxygen atoms in total. The first-order valence-electron chi connectivity index (χ1n) is 8.20. The van der Waals surface area contributed by atoms with E-state index in [0.717, 1.165) is 41.1 Å². The molecule has 1 N–H and O–H groups in total. The van der Waals surface area contributed by atoms with Crippen LogP contribution < -0.4 is 15.0 Å². The van der Waals surface area contributed by atoms with Gasteiger partial charge in [-0.1, -0.05) is 24.0 Å². The summed E-state index contributed by atoms with van der Waals surface area (Å²) in [6.45, 7) is 2.86. The van der Waals surface area contributed by atoms with E-state index in [1.807, 2.05) is 30.3 Å². The zero-order valence-corrected chi connectivity index (χ0v) is 15.8. The van der Waals surface area contributed by atoms with Crippen molar-refractivity contribution in [1.29, 1.82) is 0 Å². The number of carbonyl (C=O) groups excluding carboxylic acids is 1. The highest BCUT2D eigenvalue weighted by Gasteiger charge is 2.24. The highest BCUT2D eigenvalue weighted by atomic mass is 32.2. The van der Waals surface area contributed by atoms with Crippen molar-refractivity contribution in [3.05, 3.63) is 34.7 Å². The fourth-order valence-corrected chi connectivity index (χ4v) is 4.02. The van der Waals surface area contributed by atoms with Crippen LogP contribution in [0.1, 0.15) is 5.56 Å². The molecule has 8 heteroatoms. The van der Waals surface area contributed by atoms with Crippen molar-refractivity contribution in [2.24, 2.45) is 0 Å². The van der Waals surface area contributed by atoms with E-state index >= 15 is 0 Å². The van der Waals surface area contributed by atoms with E-state index in [1.54, 1.807) is 7.11 Å². The fraction of sp³-hybridized carbons (Fsp3) is 0.278. The van der Waals surface area contributed by atoms with Crippen molar-refractivity contribution in [3.63, 3.8) is 0 Å². The molecule has 0 radical (unpaired) electrons. The number of methoxy groups -OCH3 is 1. The Kier molecular flexibility index (Phi) is 4.80. The van der Waals surface area contributed by atoms with E-state index in [-0.39, 0.29) is 5.91 Å². The third kappa shape index (κ3) is 3.40. The number of nitrogens with one attached hydrogen (secondary N) is 1. The number of thiocarbonyl (C=S) groups is 1. The van der Waals surface area contributed by atoms with Gasteiger partial charge in [0.15, 0.2) is 0 Å².